The molecule has 0 radical (unpaired) electrons. The monoisotopic (exact) mass is 359 g/mol. The molecular weight excluding hydrogens is 342 g/mol. The van der Waals surface area contributed by atoms with E-state index in [4.69, 9.17) is 11.6 Å². The number of carbonyl (C=O) groups excluding carboxylic acids is 1. The van der Waals surface area contributed by atoms with Crippen molar-refractivity contribution < 1.29 is 4.79 Å². The van der Waals surface area contributed by atoms with Gasteiger partial charge in [-0.15, -0.1) is 11.3 Å². The topological polar surface area (TPSA) is 46.9 Å². The van der Waals surface area contributed by atoms with E-state index in [2.05, 4.69) is 17.3 Å². The van der Waals surface area contributed by atoms with Gasteiger partial charge >= 0.3 is 0 Å². The summed E-state index contributed by atoms with van der Waals surface area (Å²) < 4.78 is 1.74. The number of benzene rings is 1. The molecule has 0 fully saturated rings. The van der Waals surface area contributed by atoms with E-state index in [9.17, 15) is 4.79 Å². The fraction of sp³-hybridized carbons (Fsp3) is 0.222. The number of rotatable bonds is 5. The van der Waals surface area contributed by atoms with E-state index in [1.54, 1.807) is 16.9 Å². The quantitative estimate of drug-likeness (QED) is 0.713. The first-order valence-electron chi connectivity index (χ1n) is 7.74. The third kappa shape index (κ3) is 3.52. The molecule has 0 unspecified atom stereocenters. The van der Waals surface area contributed by atoms with Crippen LogP contribution in [0.1, 0.15) is 32.6 Å². The van der Waals surface area contributed by atoms with Crippen LogP contribution in [0, 0.1) is 6.92 Å². The molecule has 1 N–H and O–H groups in total. The minimum Gasteiger partial charge on any atom is -0.306 e. The molecule has 0 bridgehead atoms. The molecule has 0 aliphatic carbocycles. The van der Waals surface area contributed by atoms with Crippen molar-refractivity contribution in [1.29, 1.82) is 0 Å². The number of amides is 1. The fourth-order valence-corrected chi connectivity index (χ4v) is 3.72. The molecule has 3 rings (SSSR count). The molecule has 6 heteroatoms. The average molecular weight is 360 g/mol. The third-order valence-electron chi connectivity index (χ3n) is 3.80. The minimum absolute atomic E-state index is 0.108. The number of halogens is 1. The molecule has 4 nitrogen and oxygen atoms in total. The SMILES string of the molecule is CCc1sc(C(=O)Nc2ccnn2Cc2ccccc2Cl)cc1C. The lowest BCUT2D eigenvalue weighted by molar-refractivity contribution is 0.102. The van der Waals surface area contributed by atoms with Crippen LogP contribution in [0.2, 0.25) is 5.02 Å². The number of carbonyl (C=O) groups is 1. The molecule has 0 saturated heterocycles. The number of aryl methyl sites for hydroxylation is 2. The highest BCUT2D eigenvalue weighted by molar-refractivity contribution is 7.14. The summed E-state index contributed by atoms with van der Waals surface area (Å²) in [5, 5.41) is 7.91. The van der Waals surface area contributed by atoms with E-state index in [0.29, 0.717) is 17.4 Å². The van der Waals surface area contributed by atoms with Crippen LogP contribution < -0.4 is 5.32 Å². The van der Waals surface area contributed by atoms with Gasteiger partial charge in [0, 0.05) is 16.0 Å². The molecule has 2 aromatic heterocycles. The zero-order valence-electron chi connectivity index (χ0n) is 13.5. The highest BCUT2D eigenvalue weighted by Gasteiger charge is 2.14. The molecular formula is C18H18ClN3OS. The highest BCUT2D eigenvalue weighted by Crippen LogP contribution is 2.24. The van der Waals surface area contributed by atoms with Crippen molar-refractivity contribution in [3.8, 4) is 0 Å². The molecule has 0 saturated carbocycles. The normalized spacial score (nSPS) is 10.8. The van der Waals surface area contributed by atoms with Crippen LogP contribution >= 0.6 is 22.9 Å². The Bertz CT molecular complexity index is 869. The van der Waals surface area contributed by atoms with Crippen LogP contribution in [0.25, 0.3) is 0 Å². The molecule has 0 spiro atoms. The molecule has 0 atom stereocenters. The van der Waals surface area contributed by atoms with Gasteiger partial charge in [-0.1, -0.05) is 36.7 Å². The van der Waals surface area contributed by atoms with Gasteiger partial charge in [0.05, 0.1) is 17.6 Å². The van der Waals surface area contributed by atoms with Crippen molar-refractivity contribution in [2.45, 2.75) is 26.8 Å². The summed E-state index contributed by atoms with van der Waals surface area (Å²) in [6.07, 6.45) is 2.61. The number of nitrogens with zero attached hydrogens (tertiary/aromatic N) is 2. The first kappa shape index (κ1) is 16.7. The van der Waals surface area contributed by atoms with Crippen molar-refractivity contribution >= 4 is 34.7 Å². The van der Waals surface area contributed by atoms with Crippen LogP contribution in [-0.4, -0.2) is 15.7 Å². The summed E-state index contributed by atoms with van der Waals surface area (Å²) in [4.78, 5) is 14.5. The van der Waals surface area contributed by atoms with Gasteiger partial charge in [0.15, 0.2) is 0 Å². The minimum atomic E-state index is -0.108. The first-order valence-corrected chi connectivity index (χ1v) is 8.93. The van der Waals surface area contributed by atoms with Gasteiger partial charge in [0.25, 0.3) is 5.91 Å². The lowest BCUT2D eigenvalue weighted by atomic mass is 10.2. The van der Waals surface area contributed by atoms with Crippen LogP contribution in [0.4, 0.5) is 5.82 Å². The molecule has 0 aliphatic rings. The highest BCUT2D eigenvalue weighted by atomic mass is 35.5. The maximum absolute atomic E-state index is 12.5. The van der Waals surface area contributed by atoms with E-state index < -0.39 is 0 Å². The molecule has 2 heterocycles. The summed E-state index contributed by atoms with van der Waals surface area (Å²) in [5.74, 6) is 0.549. The standard InChI is InChI=1S/C18H18ClN3OS/c1-3-15-12(2)10-16(24-15)18(23)21-17-8-9-20-22(17)11-13-6-4-5-7-14(13)19/h4-10H,3,11H2,1-2H3,(H,21,23). The lowest BCUT2D eigenvalue weighted by Gasteiger charge is -2.09. The van der Waals surface area contributed by atoms with Gasteiger partial charge in [0.1, 0.15) is 5.82 Å². The molecule has 1 amide bonds. The largest absolute Gasteiger partial charge is 0.306 e. The van der Waals surface area contributed by atoms with Crippen molar-refractivity contribution in [2.75, 3.05) is 5.32 Å². The second-order valence-corrected chi connectivity index (χ2v) is 7.03. The van der Waals surface area contributed by atoms with E-state index >= 15 is 0 Å². The zero-order chi connectivity index (χ0) is 17.1. The number of nitrogens with one attached hydrogen (secondary N) is 1. The van der Waals surface area contributed by atoms with E-state index in [0.717, 1.165) is 22.4 Å². The van der Waals surface area contributed by atoms with Crippen LogP contribution in [0.15, 0.2) is 42.6 Å². The Balaban J connectivity index is 1.78. The van der Waals surface area contributed by atoms with Gasteiger partial charge < -0.3 is 5.32 Å². The zero-order valence-corrected chi connectivity index (χ0v) is 15.1. The van der Waals surface area contributed by atoms with E-state index in [-0.39, 0.29) is 5.91 Å². The number of thiophene rings is 1. The Morgan fingerprint density at radius 2 is 2.12 bits per heavy atom. The summed E-state index contributed by atoms with van der Waals surface area (Å²) in [6, 6.07) is 11.3. The number of hydrogen-bond acceptors (Lipinski definition) is 3. The van der Waals surface area contributed by atoms with Gasteiger partial charge in [0.2, 0.25) is 0 Å². The maximum atomic E-state index is 12.5. The molecule has 0 aliphatic heterocycles. The van der Waals surface area contributed by atoms with Gasteiger partial charge in [-0.05, 0) is 36.6 Å². The third-order valence-corrected chi connectivity index (χ3v) is 5.55. The lowest BCUT2D eigenvalue weighted by Crippen LogP contribution is -2.15. The van der Waals surface area contributed by atoms with Crippen molar-refractivity contribution in [2.24, 2.45) is 0 Å². The van der Waals surface area contributed by atoms with E-state index in [1.807, 2.05) is 37.3 Å². The predicted molar refractivity (Wildman–Crippen MR) is 99.2 cm³/mol. The van der Waals surface area contributed by atoms with E-state index in [1.165, 1.54) is 16.2 Å². The summed E-state index contributed by atoms with van der Waals surface area (Å²) in [6.45, 7) is 4.64. The Morgan fingerprint density at radius 3 is 2.83 bits per heavy atom. The summed E-state index contributed by atoms with van der Waals surface area (Å²) in [7, 11) is 0. The van der Waals surface area contributed by atoms with Gasteiger partial charge in [-0.25, -0.2) is 4.68 Å². The Labute approximate surface area is 150 Å². The second kappa shape index (κ2) is 7.20. The molecule has 124 valence electrons. The van der Waals surface area contributed by atoms with Gasteiger partial charge in [-0.2, -0.15) is 5.10 Å². The maximum Gasteiger partial charge on any atom is 0.266 e. The van der Waals surface area contributed by atoms with Crippen molar-refractivity contribution in [3.05, 3.63) is 68.5 Å². The van der Waals surface area contributed by atoms with Crippen molar-refractivity contribution in [1.82, 2.24) is 9.78 Å². The fourth-order valence-electron chi connectivity index (χ4n) is 2.51. The number of anilines is 1. The number of hydrogen-bond donors (Lipinski definition) is 1. The van der Waals surface area contributed by atoms with Crippen LogP contribution in [0.3, 0.4) is 0 Å². The van der Waals surface area contributed by atoms with Crippen LogP contribution in [-0.2, 0) is 13.0 Å². The predicted octanol–water partition coefficient (Wildman–Crippen LogP) is 4.77. The second-order valence-electron chi connectivity index (χ2n) is 5.49. The summed E-state index contributed by atoms with van der Waals surface area (Å²) in [5.41, 5.74) is 2.12. The Morgan fingerprint density at radius 1 is 1.33 bits per heavy atom. The molecule has 3 aromatic rings. The number of aromatic nitrogens is 2. The van der Waals surface area contributed by atoms with Crippen LogP contribution in [0.5, 0.6) is 0 Å². The average Bonchev–Trinajstić information content (AvgIpc) is 3.16. The van der Waals surface area contributed by atoms with Gasteiger partial charge in [-0.3, -0.25) is 4.79 Å². The van der Waals surface area contributed by atoms with Crippen molar-refractivity contribution in [3.63, 3.8) is 0 Å². The smallest absolute Gasteiger partial charge is 0.266 e. The first-order chi connectivity index (χ1) is 11.6. The Kier molecular flexibility index (Phi) is 5.02. The molecule has 24 heavy (non-hydrogen) atoms. The summed E-state index contributed by atoms with van der Waals surface area (Å²) >= 11 is 7.74. The molecule has 1 aromatic carbocycles. The Hall–Kier alpha value is -2.11.